The third-order valence-electron chi connectivity index (χ3n) is 3.78. The molecule has 0 aromatic heterocycles. The molecule has 1 fully saturated rings. The van der Waals surface area contributed by atoms with Crippen LogP contribution in [-0.2, 0) is 14.3 Å². The first-order valence-corrected chi connectivity index (χ1v) is 6.59. The van der Waals surface area contributed by atoms with Gasteiger partial charge in [0, 0.05) is 5.92 Å². The SMILES string of the molecule is CCCC(C(=O)O)(C(=O)OCC)C1CCCC1O. The minimum absolute atomic E-state index is 0.153. The maximum Gasteiger partial charge on any atom is 0.323 e. The number of aliphatic hydroxyl groups excluding tert-OH is 1. The largest absolute Gasteiger partial charge is 0.480 e. The molecule has 5 heteroatoms. The number of ether oxygens (including phenoxy) is 1. The highest BCUT2D eigenvalue weighted by molar-refractivity contribution is 5.99. The fourth-order valence-electron chi connectivity index (χ4n) is 2.96. The van der Waals surface area contributed by atoms with E-state index >= 15 is 0 Å². The Hall–Kier alpha value is -1.10. The Morgan fingerprint density at radius 2 is 2.00 bits per heavy atom. The third kappa shape index (κ3) is 2.51. The molecule has 0 bridgehead atoms. The summed E-state index contributed by atoms with van der Waals surface area (Å²) in [5.74, 6) is -2.41. The van der Waals surface area contributed by atoms with Gasteiger partial charge in [0.15, 0.2) is 5.41 Å². The number of carboxylic acids is 1. The van der Waals surface area contributed by atoms with Gasteiger partial charge in [-0.15, -0.1) is 0 Å². The van der Waals surface area contributed by atoms with Gasteiger partial charge in [-0.3, -0.25) is 9.59 Å². The lowest BCUT2D eigenvalue weighted by Crippen LogP contribution is -2.49. The van der Waals surface area contributed by atoms with Gasteiger partial charge in [0.2, 0.25) is 0 Å². The van der Waals surface area contributed by atoms with Crippen LogP contribution in [0.3, 0.4) is 0 Å². The van der Waals surface area contributed by atoms with Crippen LogP contribution >= 0.6 is 0 Å². The predicted octanol–water partition coefficient (Wildman–Crippen LogP) is 1.58. The predicted molar refractivity (Wildman–Crippen MR) is 65.0 cm³/mol. The van der Waals surface area contributed by atoms with E-state index < -0.39 is 29.4 Å². The van der Waals surface area contributed by atoms with Gasteiger partial charge < -0.3 is 14.9 Å². The molecule has 18 heavy (non-hydrogen) atoms. The molecule has 0 spiro atoms. The van der Waals surface area contributed by atoms with E-state index in [1.807, 2.05) is 6.92 Å². The van der Waals surface area contributed by atoms with Crippen molar-refractivity contribution in [2.24, 2.45) is 11.3 Å². The Kier molecular flexibility index (Phi) is 5.14. The first kappa shape index (κ1) is 15.0. The standard InChI is InChI=1S/C13H22O5/c1-3-8-13(11(15)16,12(17)18-4-2)9-6-5-7-10(9)14/h9-10,14H,3-8H2,1-2H3,(H,15,16). The minimum atomic E-state index is -1.58. The number of esters is 1. The number of hydrogen-bond donors (Lipinski definition) is 2. The molecule has 1 saturated carbocycles. The van der Waals surface area contributed by atoms with E-state index in [2.05, 4.69) is 0 Å². The Labute approximate surface area is 107 Å². The van der Waals surface area contributed by atoms with Crippen LogP contribution in [0.5, 0.6) is 0 Å². The van der Waals surface area contributed by atoms with Crippen LogP contribution in [0.4, 0.5) is 0 Å². The molecule has 1 aliphatic carbocycles. The van der Waals surface area contributed by atoms with Crippen molar-refractivity contribution in [1.29, 1.82) is 0 Å². The molecule has 0 aromatic carbocycles. The first-order chi connectivity index (χ1) is 8.50. The average molecular weight is 258 g/mol. The second-order valence-corrected chi connectivity index (χ2v) is 4.85. The lowest BCUT2D eigenvalue weighted by Gasteiger charge is -2.34. The highest BCUT2D eigenvalue weighted by Crippen LogP contribution is 2.44. The summed E-state index contributed by atoms with van der Waals surface area (Å²) in [4.78, 5) is 23.8. The van der Waals surface area contributed by atoms with Crippen LogP contribution in [0.15, 0.2) is 0 Å². The zero-order valence-corrected chi connectivity index (χ0v) is 11.0. The van der Waals surface area contributed by atoms with Crippen LogP contribution in [0, 0.1) is 11.3 Å². The quantitative estimate of drug-likeness (QED) is 0.558. The van der Waals surface area contributed by atoms with Gasteiger partial charge in [0.1, 0.15) is 0 Å². The second-order valence-electron chi connectivity index (χ2n) is 4.85. The van der Waals surface area contributed by atoms with Crippen molar-refractivity contribution in [3.8, 4) is 0 Å². The first-order valence-electron chi connectivity index (χ1n) is 6.59. The zero-order chi connectivity index (χ0) is 13.8. The monoisotopic (exact) mass is 258 g/mol. The molecule has 0 saturated heterocycles. The summed E-state index contributed by atoms with van der Waals surface area (Å²) in [6.07, 6.45) is 1.92. The number of carboxylic acid groups (broad SMARTS) is 1. The fraction of sp³-hybridized carbons (Fsp3) is 0.846. The summed E-state index contributed by atoms with van der Waals surface area (Å²) < 4.78 is 4.95. The summed E-state index contributed by atoms with van der Waals surface area (Å²) in [6.45, 7) is 3.64. The molecule has 0 aliphatic heterocycles. The maximum absolute atomic E-state index is 12.1. The molecule has 3 atom stereocenters. The van der Waals surface area contributed by atoms with Crippen LogP contribution in [0.2, 0.25) is 0 Å². The molecule has 0 heterocycles. The van der Waals surface area contributed by atoms with Gasteiger partial charge in [-0.2, -0.15) is 0 Å². The van der Waals surface area contributed by atoms with E-state index in [9.17, 15) is 19.8 Å². The topological polar surface area (TPSA) is 83.8 Å². The summed E-state index contributed by atoms with van der Waals surface area (Å²) >= 11 is 0. The second kappa shape index (κ2) is 6.18. The van der Waals surface area contributed by atoms with Crippen molar-refractivity contribution < 1.29 is 24.5 Å². The molecule has 1 aliphatic rings. The minimum Gasteiger partial charge on any atom is -0.480 e. The molecule has 1 rings (SSSR count). The van der Waals surface area contributed by atoms with Crippen molar-refractivity contribution >= 4 is 11.9 Å². The Bertz CT molecular complexity index is 315. The van der Waals surface area contributed by atoms with E-state index in [1.165, 1.54) is 0 Å². The molecular formula is C13H22O5. The normalized spacial score (nSPS) is 26.6. The van der Waals surface area contributed by atoms with E-state index in [0.29, 0.717) is 19.3 Å². The van der Waals surface area contributed by atoms with Crippen LogP contribution in [-0.4, -0.2) is 34.9 Å². The molecule has 0 radical (unpaired) electrons. The smallest absolute Gasteiger partial charge is 0.323 e. The molecule has 0 aromatic rings. The van der Waals surface area contributed by atoms with Crippen LogP contribution in [0.1, 0.15) is 46.0 Å². The van der Waals surface area contributed by atoms with Crippen molar-refractivity contribution in [2.75, 3.05) is 6.61 Å². The highest BCUT2D eigenvalue weighted by atomic mass is 16.5. The Balaban J connectivity index is 3.11. The van der Waals surface area contributed by atoms with E-state index in [-0.39, 0.29) is 13.0 Å². The van der Waals surface area contributed by atoms with Gasteiger partial charge in [-0.25, -0.2) is 0 Å². The Morgan fingerprint density at radius 1 is 1.33 bits per heavy atom. The van der Waals surface area contributed by atoms with Crippen LogP contribution < -0.4 is 0 Å². The number of aliphatic carboxylic acids is 1. The molecular weight excluding hydrogens is 236 g/mol. The highest BCUT2D eigenvalue weighted by Gasteiger charge is 2.56. The number of rotatable bonds is 6. The molecule has 5 nitrogen and oxygen atoms in total. The van der Waals surface area contributed by atoms with E-state index in [0.717, 1.165) is 6.42 Å². The van der Waals surface area contributed by atoms with Gasteiger partial charge in [-0.1, -0.05) is 19.8 Å². The molecule has 2 N–H and O–H groups in total. The molecule has 0 amide bonds. The number of aliphatic hydroxyl groups is 1. The Morgan fingerprint density at radius 3 is 2.39 bits per heavy atom. The van der Waals surface area contributed by atoms with E-state index in [1.54, 1.807) is 6.92 Å². The van der Waals surface area contributed by atoms with Gasteiger partial charge in [0.25, 0.3) is 0 Å². The van der Waals surface area contributed by atoms with Crippen LogP contribution in [0.25, 0.3) is 0 Å². The number of carbonyl (C=O) groups is 2. The summed E-state index contributed by atoms with van der Waals surface area (Å²) in [5.41, 5.74) is -1.58. The summed E-state index contributed by atoms with van der Waals surface area (Å²) in [5, 5.41) is 19.5. The number of hydrogen-bond acceptors (Lipinski definition) is 4. The van der Waals surface area contributed by atoms with Crippen molar-refractivity contribution in [3.63, 3.8) is 0 Å². The maximum atomic E-state index is 12.1. The zero-order valence-electron chi connectivity index (χ0n) is 11.0. The van der Waals surface area contributed by atoms with Crippen molar-refractivity contribution in [3.05, 3.63) is 0 Å². The molecule has 104 valence electrons. The lowest BCUT2D eigenvalue weighted by atomic mass is 9.70. The lowest BCUT2D eigenvalue weighted by molar-refractivity contribution is -0.177. The third-order valence-corrected chi connectivity index (χ3v) is 3.78. The van der Waals surface area contributed by atoms with Crippen molar-refractivity contribution in [2.45, 2.75) is 52.1 Å². The summed E-state index contributed by atoms with van der Waals surface area (Å²) in [7, 11) is 0. The van der Waals surface area contributed by atoms with Gasteiger partial charge >= 0.3 is 11.9 Å². The average Bonchev–Trinajstić information content (AvgIpc) is 2.72. The van der Waals surface area contributed by atoms with E-state index in [4.69, 9.17) is 4.74 Å². The summed E-state index contributed by atoms with van der Waals surface area (Å²) in [6, 6.07) is 0. The van der Waals surface area contributed by atoms with Gasteiger partial charge in [0.05, 0.1) is 12.7 Å². The number of carbonyl (C=O) groups excluding carboxylic acids is 1. The fourth-order valence-corrected chi connectivity index (χ4v) is 2.96. The van der Waals surface area contributed by atoms with Gasteiger partial charge in [-0.05, 0) is 26.2 Å². The molecule has 3 unspecified atom stereocenters. The van der Waals surface area contributed by atoms with Crippen molar-refractivity contribution in [1.82, 2.24) is 0 Å².